The fraction of sp³-hybridized carbons (Fsp3) is 0.294. The molecule has 2 amide bonds. The summed E-state index contributed by atoms with van der Waals surface area (Å²) in [4.78, 5) is 25.1. The molecule has 0 spiro atoms. The topological polar surface area (TPSA) is 67.4 Å². The minimum atomic E-state index is -0.516. The molecule has 0 aliphatic rings. The number of nitrogens with one attached hydrogen (secondary N) is 2. The van der Waals surface area contributed by atoms with Crippen LogP contribution in [0.5, 0.6) is 0 Å². The monoisotopic (exact) mass is 384 g/mol. The lowest BCUT2D eigenvalue weighted by molar-refractivity contribution is 0.0908. The van der Waals surface area contributed by atoms with Crippen LogP contribution in [0, 0.1) is 12.7 Å². The molecule has 0 saturated heterocycles. The zero-order chi connectivity index (χ0) is 18.6. The maximum Gasteiger partial charge on any atom is 0.261 e. The third kappa shape index (κ3) is 5.01. The van der Waals surface area contributed by atoms with E-state index < -0.39 is 11.7 Å². The smallest absolute Gasteiger partial charge is 0.261 e. The number of hydrogen-bond acceptors (Lipinski definition) is 4. The van der Waals surface area contributed by atoms with E-state index in [1.165, 1.54) is 6.07 Å². The van der Waals surface area contributed by atoms with Gasteiger partial charge in [-0.25, -0.2) is 4.39 Å². The van der Waals surface area contributed by atoms with Gasteiger partial charge in [-0.05, 0) is 43.7 Å². The van der Waals surface area contributed by atoms with Crippen molar-refractivity contribution in [3.63, 3.8) is 0 Å². The summed E-state index contributed by atoms with van der Waals surface area (Å²) < 4.78 is 18.1. The van der Waals surface area contributed by atoms with E-state index in [-0.39, 0.29) is 22.5 Å². The summed E-state index contributed by atoms with van der Waals surface area (Å²) in [5.74, 6) is -1.21. The number of methoxy groups -OCH3 is 1. The Labute approximate surface area is 154 Å². The average Bonchev–Trinajstić information content (AvgIpc) is 2.87. The second kappa shape index (κ2) is 8.42. The first-order valence-corrected chi connectivity index (χ1v) is 8.68. The lowest BCUT2D eigenvalue weighted by atomic mass is 10.2. The molecule has 1 aromatic heterocycles. The van der Waals surface area contributed by atoms with Gasteiger partial charge >= 0.3 is 0 Å². The van der Waals surface area contributed by atoms with E-state index in [0.717, 1.165) is 29.0 Å². The highest BCUT2D eigenvalue weighted by Crippen LogP contribution is 2.28. The summed E-state index contributed by atoms with van der Waals surface area (Å²) in [6.07, 6.45) is 0. The van der Waals surface area contributed by atoms with Gasteiger partial charge in [0.25, 0.3) is 11.8 Å². The van der Waals surface area contributed by atoms with Crippen LogP contribution in [0.15, 0.2) is 24.3 Å². The van der Waals surface area contributed by atoms with Crippen molar-refractivity contribution in [3.05, 3.63) is 51.1 Å². The van der Waals surface area contributed by atoms with E-state index in [1.54, 1.807) is 20.1 Å². The molecule has 0 bridgehead atoms. The minimum absolute atomic E-state index is 0.0251. The van der Waals surface area contributed by atoms with E-state index in [2.05, 4.69) is 10.6 Å². The third-order valence-corrected chi connectivity index (χ3v) is 4.79. The molecule has 0 aliphatic carbocycles. The van der Waals surface area contributed by atoms with Crippen molar-refractivity contribution < 1.29 is 18.7 Å². The molecule has 5 nitrogen and oxygen atoms in total. The molecular weight excluding hydrogens is 367 g/mol. The van der Waals surface area contributed by atoms with Gasteiger partial charge in [-0.2, -0.15) is 0 Å². The Morgan fingerprint density at radius 3 is 2.68 bits per heavy atom. The van der Waals surface area contributed by atoms with Crippen LogP contribution in [0.4, 0.5) is 9.39 Å². The van der Waals surface area contributed by atoms with Crippen LogP contribution in [0.3, 0.4) is 0 Å². The molecule has 2 rings (SSSR count). The van der Waals surface area contributed by atoms with Crippen molar-refractivity contribution in [2.45, 2.75) is 19.9 Å². The molecule has 8 heteroatoms. The zero-order valence-electron chi connectivity index (χ0n) is 14.0. The number of ether oxygens (including phenoxy) is 1. The number of anilines is 1. The summed E-state index contributed by atoms with van der Waals surface area (Å²) in [6.45, 7) is 4.03. The molecule has 0 aliphatic heterocycles. The molecule has 1 aromatic carbocycles. The van der Waals surface area contributed by atoms with E-state index in [1.807, 2.05) is 6.92 Å². The SMILES string of the molecule is COCC(C)NC(=O)c1sc(NC(=O)c2ccc(F)cc2Cl)cc1C. The highest BCUT2D eigenvalue weighted by molar-refractivity contribution is 7.18. The lowest BCUT2D eigenvalue weighted by Gasteiger charge is -2.12. The standard InChI is InChI=1S/C17H18ClFN2O3S/c1-9-6-14(25-15(9)17(23)20-10(2)8-24-3)21-16(22)12-5-4-11(19)7-13(12)18/h4-7,10H,8H2,1-3H3,(H,20,23)(H,21,22). The normalized spacial score (nSPS) is 11.9. The second-order valence-electron chi connectivity index (χ2n) is 5.53. The van der Waals surface area contributed by atoms with Gasteiger partial charge < -0.3 is 15.4 Å². The van der Waals surface area contributed by atoms with Crippen molar-refractivity contribution in [2.75, 3.05) is 19.0 Å². The Bertz CT molecular complexity index is 794. The van der Waals surface area contributed by atoms with E-state index in [9.17, 15) is 14.0 Å². The van der Waals surface area contributed by atoms with Gasteiger partial charge in [-0.15, -0.1) is 11.3 Å². The molecule has 0 saturated carbocycles. The number of carbonyl (C=O) groups excluding carboxylic acids is 2. The fourth-order valence-corrected chi connectivity index (χ4v) is 3.43. The quantitative estimate of drug-likeness (QED) is 0.794. The van der Waals surface area contributed by atoms with E-state index in [4.69, 9.17) is 16.3 Å². The number of benzene rings is 1. The van der Waals surface area contributed by atoms with Crippen LogP contribution in [0.2, 0.25) is 5.02 Å². The number of aryl methyl sites for hydroxylation is 1. The van der Waals surface area contributed by atoms with Gasteiger partial charge in [-0.1, -0.05) is 11.6 Å². The third-order valence-electron chi connectivity index (χ3n) is 3.33. The predicted octanol–water partition coefficient (Wildman–Crippen LogP) is 3.87. The number of carbonyl (C=O) groups is 2. The summed E-state index contributed by atoms with van der Waals surface area (Å²) >= 11 is 7.05. The number of hydrogen-bond donors (Lipinski definition) is 2. The largest absolute Gasteiger partial charge is 0.383 e. The van der Waals surface area contributed by atoms with Crippen LogP contribution in [-0.4, -0.2) is 31.6 Å². The Hall–Kier alpha value is -1.96. The van der Waals surface area contributed by atoms with Crippen LogP contribution in [0.1, 0.15) is 32.5 Å². The van der Waals surface area contributed by atoms with Gasteiger partial charge in [0.05, 0.1) is 27.1 Å². The number of rotatable bonds is 6. The number of halogens is 2. The van der Waals surface area contributed by atoms with Crippen LogP contribution in [0.25, 0.3) is 0 Å². The Balaban J connectivity index is 2.11. The molecule has 0 fully saturated rings. The first kappa shape index (κ1) is 19.4. The van der Waals surface area contributed by atoms with Crippen LogP contribution in [-0.2, 0) is 4.74 Å². The van der Waals surface area contributed by atoms with Crippen LogP contribution < -0.4 is 10.6 Å². The Morgan fingerprint density at radius 2 is 2.04 bits per heavy atom. The summed E-state index contributed by atoms with van der Waals surface area (Å²) in [6, 6.07) is 5.13. The molecule has 25 heavy (non-hydrogen) atoms. The number of thiophene rings is 1. The van der Waals surface area contributed by atoms with Crippen molar-refractivity contribution in [2.24, 2.45) is 0 Å². The van der Waals surface area contributed by atoms with Crippen molar-refractivity contribution in [3.8, 4) is 0 Å². The van der Waals surface area contributed by atoms with E-state index in [0.29, 0.717) is 16.5 Å². The molecule has 0 radical (unpaired) electrons. The van der Waals surface area contributed by atoms with Gasteiger partial charge in [0.2, 0.25) is 0 Å². The fourth-order valence-electron chi connectivity index (χ4n) is 2.20. The molecular formula is C17H18ClFN2O3S. The average molecular weight is 385 g/mol. The van der Waals surface area contributed by atoms with Gasteiger partial charge in [0.1, 0.15) is 5.82 Å². The van der Waals surface area contributed by atoms with E-state index >= 15 is 0 Å². The first-order valence-electron chi connectivity index (χ1n) is 7.48. The maximum absolute atomic E-state index is 13.1. The molecule has 1 atom stereocenters. The number of amides is 2. The second-order valence-corrected chi connectivity index (χ2v) is 6.99. The lowest BCUT2D eigenvalue weighted by Crippen LogP contribution is -2.35. The predicted molar refractivity (Wildman–Crippen MR) is 97.2 cm³/mol. The maximum atomic E-state index is 13.1. The first-order chi connectivity index (χ1) is 11.8. The van der Waals surface area contributed by atoms with Gasteiger partial charge in [0.15, 0.2) is 0 Å². The Morgan fingerprint density at radius 1 is 1.32 bits per heavy atom. The zero-order valence-corrected chi connectivity index (χ0v) is 15.6. The minimum Gasteiger partial charge on any atom is -0.383 e. The van der Waals surface area contributed by atoms with Crippen molar-refractivity contribution in [1.82, 2.24) is 5.32 Å². The summed E-state index contributed by atoms with van der Waals surface area (Å²) in [7, 11) is 1.56. The van der Waals surface area contributed by atoms with Crippen molar-refractivity contribution >= 4 is 39.8 Å². The molecule has 2 N–H and O–H groups in total. The van der Waals surface area contributed by atoms with Gasteiger partial charge in [-0.3, -0.25) is 9.59 Å². The molecule has 134 valence electrons. The molecule has 2 aromatic rings. The van der Waals surface area contributed by atoms with Crippen molar-refractivity contribution in [1.29, 1.82) is 0 Å². The summed E-state index contributed by atoms with van der Waals surface area (Å²) in [5, 5.41) is 6.04. The molecule has 1 heterocycles. The highest BCUT2D eigenvalue weighted by Gasteiger charge is 2.18. The highest BCUT2D eigenvalue weighted by atomic mass is 35.5. The van der Waals surface area contributed by atoms with Crippen LogP contribution >= 0.6 is 22.9 Å². The molecule has 1 unspecified atom stereocenters. The Kier molecular flexibility index (Phi) is 6.52. The summed E-state index contributed by atoms with van der Waals surface area (Å²) in [5.41, 5.74) is 0.904. The van der Waals surface area contributed by atoms with Gasteiger partial charge in [0, 0.05) is 13.2 Å².